The van der Waals surface area contributed by atoms with E-state index in [1.54, 1.807) is 44.4 Å². The third-order valence-corrected chi connectivity index (χ3v) is 5.57. The molecule has 4 amide bonds. The third-order valence-electron chi connectivity index (χ3n) is 5.57. The van der Waals surface area contributed by atoms with Crippen molar-refractivity contribution >= 4 is 23.5 Å². The average Bonchev–Trinajstić information content (AvgIpc) is 3.28. The van der Waals surface area contributed by atoms with Crippen molar-refractivity contribution in [2.24, 2.45) is 0 Å². The Bertz CT molecular complexity index is 1310. The highest BCUT2D eigenvalue weighted by atomic mass is 19.4. The summed E-state index contributed by atoms with van der Waals surface area (Å²) < 4.78 is 57.2. The minimum atomic E-state index is -4.46. The van der Waals surface area contributed by atoms with Crippen molar-refractivity contribution in [1.29, 1.82) is 0 Å². The lowest BCUT2D eigenvalue weighted by atomic mass is 10.0. The zero-order chi connectivity index (χ0) is 29.9. The van der Waals surface area contributed by atoms with Gasteiger partial charge in [0, 0.05) is 6.42 Å². The maximum absolute atomic E-state index is 13.6. The van der Waals surface area contributed by atoms with Gasteiger partial charge in [-0.3, -0.25) is 14.9 Å². The van der Waals surface area contributed by atoms with Crippen molar-refractivity contribution in [1.82, 2.24) is 10.6 Å². The molecule has 3 N–H and O–H groups in total. The summed E-state index contributed by atoms with van der Waals surface area (Å²) in [5.74, 6) is -0.729. The van der Waals surface area contributed by atoms with Gasteiger partial charge in [0.1, 0.15) is 17.6 Å². The Kier molecular flexibility index (Phi) is 11.7. The highest BCUT2D eigenvalue weighted by Crippen LogP contribution is 2.32. The maximum Gasteiger partial charge on any atom is 0.416 e. The van der Waals surface area contributed by atoms with Gasteiger partial charge < -0.3 is 15.4 Å². The van der Waals surface area contributed by atoms with Gasteiger partial charge in [-0.2, -0.15) is 13.2 Å². The van der Waals surface area contributed by atoms with Crippen LogP contribution in [0.15, 0.2) is 66.7 Å². The van der Waals surface area contributed by atoms with Crippen LogP contribution >= 0.6 is 0 Å². The van der Waals surface area contributed by atoms with E-state index >= 15 is 0 Å². The second-order valence-electron chi connectivity index (χ2n) is 8.36. The van der Waals surface area contributed by atoms with Gasteiger partial charge >= 0.3 is 12.2 Å². The molecule has 0 unspecified atom stereocenters. The van der Waals surface area contributed by atoms with Gasteiger partial charge in [-0.15, -0.1) is 0 Å². The quantitative estimate of drug-likeness (QED) is 0.242. The molecule has 1 heterocycles. The molecule has 11 heteroatoms. The lowest BCUT2D eigenvalue weighted by Crippen LogP contribution is -2.22. The number of anilines is 1. The number of hydrogen-bond acceptors (Lipinski definition) is 4. The van der Waals surface area contributed by atoms with Gasteiger partial charge in [-0.1, -0.05) is 50.2 Å². The third kappa shape index (κ3) is 9.11. The number of benzene rings is 3. The van der Waals surface area contributed by atoms with Crippen LogP contribution in [0.25, 0.3) is 0 Å². The summed E-state index contributed by atoms with van der Waals surface area (Å²) in [6.07, 6.45) is -4.70. The molecule has 0 aliphatic carbocycles. The fraction of sp³-hybridized carbons (Fsp3) is 0.276. The van der Waals surface area contributed by atoms with Crippen molar-refractivity contribution in [2.45, 2.75) is 45.8 Å². The van der Waals surface area contributed by atoms with Crippen molar-refractivity contribution in [3.63, 3.8) is 0 Å². The van der Waals surface area contributed by atoms with Crippen LogP contribution in [0.2, 0.25) is 0 Å². The zero-order valence-electron chi connectivity index (χ0n) is 22.5. The van der Waals surface area contributed by atoms with Gasteiger partial charge in [-0.25, -0.2) is 9.18 Å². The topological polar surface area (TPSA) is 96.5 Å². The summed E-state index contributed by atoms with van der Waals surface area (Å²) >= 11 is 0. The van der Waals surface area contributed by atoms with Crippen LogP contribution in [0.3, 0.4) is 0 Å². The number of amides is 4. The highest BCUT2D eigenvalue weighted by Gasteiger charge is 2.33. The SMILES string of the molecule is CC.COc1ccc([C@H]2NC(=O)NC2=O)cc1.Cc1ccc(NC(=O)CCc2ccccc2C(F)(F)F)c(F)c1. The lowest BCUT2D eigenvalue weighted by Gasteiger charge is -2.12. The molecule has 1 saturated heterocycles. The highest BCUT2D eigenvalue weighted by molar-refractivity contribution is 6.04. The van der Waals surface area contributed by atoms with Crippen LogP contribution in [-0.4, -0.2) is 25.0 Å². The first-order valence-electron chi connectivity index (χ1n) is 12.4. The summed E-state index contributed by atoms with van der Waals surface area (Å²) in [7, 11) is 1.57. The van der Waals surface area contributed by atoms with Gasteiger partial charge in [-0.05, 0) is 60.4 Å². The molecule has 214 valence electrons. The Morgan fingerprint density at radius 3 is 2.20 bits per heavy atom. The molecule has 0 aromatic heterocycles. The van der Waals surface area contributed by atoms with E-state index in [4.69, 9.17) is 4.74 Å². The van der Waals surface area contributed by atoms with Gasteiger partial charge in [0.2, 0.25) is 5.91 Å². The number of carbonyl (C=O) groups excluding carboxylic acids is 3. The molecule has 1 atom stereocenters. The Morgan fingerprint density at radius 1 is 1.00 bits per heavy atom. The predicted octanol–water partition coefficient (Wildman–Crippen LogP) is 6.33. The molecule has 1 aliphatic rings. The maximum atomic E-state index is 13.6. The van der Waals surface area contributed by atoms with Gasteiger partial charge in [0.25, 0.3) is 5.91 Å². The van der Waals surface area contributed by atoms with E-state index in [1.165, 1.54) is 30.3 Å². The van der Waals surface area contributed by atoms with Crippen LogP contribution in [0.5, 0.6) is 5.75 Å². The van der Waals surface area contributed by atoms with E-state index in [-0.39, 0.29) is 30.0 Å². The monoisotopic (exact) mass is 561 g/mol. The second kappa shape index (κ2) is 14.7. The molecule has 0 bridgehead atoms. The van der Waals surface area contributed by atoms with Crippen LogP contribution in [-0.2, 0) is 22.2 Å². The number of carbonyl (C=O) groups is 3. The summed E-state index contributed by atoms with van der Waals surface area (Å²) in [6.45, 7) is 5.71. The number of halogens is 4. The number of rotatable bonds is 6. The molecule has 0 radical (unpaired) electrons. The first kappa shape index (κ1) is 31.8. The van der Waals surface area contributed by atoms with E-state index in [0.717, 1.165) is 11.6 Å². The Hall–Kier alpha value is -4.41. The number of methoxy groups -OCH3 is 1. The molecular formula is C29H31F4N3O4. The fourth-order valence-electron chi connectivity index (χ4n) is 3.65. The largest absolute Gasteiger partial charge is 0.497 e. The number of hydrogen-bond donors (Lipinski definition) is 3. The fourth-order valence-corrected chi connectivity index (χ4v) is 3.65. The van der Waals surface area contributed by atoms with Crippen molar-refractivity contribution in [3.05, 3.63) is 94.8 Å². The van der Waals surface area contributed by atoms with E-state index < -0.39 is 35.5 Å². The molecular weight excluding hydrogens is 530 g/mol. The smallest absolute Gasteiger partial charge is 0.416 e. The van der Waals surface area contributed by atoms with E-state index in [2.05, 4.69) is 16.0 Å². The minimum absolute atomic E-state index is 0.0182. The summed E-state index contributed by atoms with van der Waals surface area (Å²) in [4.78, 5) is 34.0. The van der Waals surface area contributed by atoms with Crippen LogP contribution in [0.1, 0.15) is 48.6 Å². The molecule has 1 aliphatic heterocycles. The summed E-state index contributed by atoms with van der Waals surface area (Å²) in [5, 5.41) is 7.06. The zero-order valence-corrected chi connectivity index (χ0v) is 22.5. The normalized spacial score (nSPS) is 14.1. The minimum Gasteiger partial charge on any atom is -0.497 e. The van der Waals surface area contributed by atoms with Crippen LogP contribution < -0.4 is 20.7 Å². The number of urea groups is 1. The lowest BCUT2D eigenvalue weighted by molar-refractivity contribution is -0.138. The van der Waals surface area contributed by atoms with Crippen molar-refractivity contribution in [3.8, 4) is 5.75 Å². The predicted molar refractivity (Wildman–Crippen MR) is 143 cm³/mol. The number of nitrogens with one attached hydrogen (secondary N) is 3. The van der Waals surface area contributed by atoms with Crippen molar-refractivity contribution < 1.29 is 36.7 Å². The Balaban J connectivity index is 0.000000284. The number of aryl methyl sites for hydroxylation is 2. The second-order valence-corrected chi connectivity index (χ2v) is 8.36. The van der Waals surface area contributed by atoms with E-state index in [0.29, 0.717) is 11.3 Å². The Morgan fingerprint density at radius 2 is 1.65 bits per heavy atom. The van der Waals surface area contributed by atoms with E-state index in [1.807, 2.05) is 13.8 Å². The molecule has 40 heavy (non-hydrogen) atoms. The van der Waals surface area contributed by atoms with Crippen LogP contribution in [0, 0.1) is 12.7 Å². The van der Waals surface area contributed by atoms with Gasteiger partial charge in [0.05, 0.1) is 18.4 Å². The molecule has 3 aromatic rings. The number of ether oxygens (including phenoxy) is 1. The molecule has 3 aromatic carbocycles. The summed E-state index contributed by atoms with van der Waals surface area (Å²) in [5.41, 5.74) is 0.748. The molecule has 0 spiro atoms. The molecule has 7 nitrogen and oxygen atoms in total. The summed E-state index contributed by atoms with van der Waals surface area (Å²) in [6, 6.07) is 15.4. The molecule has 1 fully saturated rings. The van der Waals surface area contributed by atoms with Crippen molar-refractivity contribution in [2.75, 3.05) is 12.4 Å². The average molecular weight is 562 g/mol. The molecule has 4 rings (SSSR count). The van der Waals surface area contributed by atoms with E-state index in [9.17, 15) is 31.9 Å². The number of alkyl halides is 3. The van der Waals surface area contributed by atoms with Gasteiger partial charge in [0.15, 0.2) is 0 Å². The Labute approximate surface area is 229 Å². The van der Waals surface area contributed by atoms with Crippen LogP contribution in [0.4, 0.5) is 28.0 Å². The number of imide groups is 1. The standard InChI is InChI=1S/C17H15F4NO.C10H10N2O3.C2H6/c1-11-6-8-15(14(18)10-11)22-16(23)9-7-12-4-2-3-5-13(12)17(19,20)21;1-15-7-4-2-6(3-5-7)8-9(13)12-10(14)11-8;1-2/h2-6,8,10H,7,9H2,1H3,(H,22,23);2-5,8H,1H3,(H2,11,12,13,14);1-2H3/t;8-;/m.1./s1. The molecule has 0 saturated carbocycles. The first-order valence-corrected chi connectivity index (χ1v) is 12.4. The first-order chi connectivity index (χ1) is 19.0.